The Balaban J connectivity index is 2.26. The van der Waals surface area contributed by atoms with Crippen molar-refractivity contribution in [1.29, 1.82) is 0 Å². The van der Waals surface area contributed by atoms with Crippen molar-refractivity contribution in [1.82, 2.24) is 0 Å². The summed E-state index contributed by atoms with van der Waals surface area (Å²) in [5.41, 5.74) is 1.24. The van der Waals surface area contributed by atoms with E-state index in [0.717, 1.165) is 9.13 Å². The molecule has 0 aromatic heterocycles. The number of rotatable bonds is 6. The predicted octanol–water partition coefficient (Wildman–Crippen LogP) is 5.52. The third kappa shape index (κ3) is 5.04. The Labute approximate surface area is 158 Å². The number of methoxy groups -OCH3 is 1. The van der Waals surface area contributed by atoms with Crippen molar-refractivity contribution in [3.05, 3.63) is 56.7 Å². The number of halogens is 3. The van der Waals surface area contributed by atoms with Gasteiger partial charge in [0.2, 0.25) is 0 Å². The number of hydrogen-bond donors (Lipinski definition) is 0. The first-order valence-corrected chi connectivity index (χ1v) is 8.61. The number of carbonyl (C=O) groups is 1. The highest BCUT2D eigenvalue weighted by atomic mass is 127. The van der Waals surface area contributed by atoms with Gasteiger partial charge in [0.15, 0.2) is 0 Å². The molecule has 2 rings (SSSR count). The fraction of sp³-hybridized carbons (Fsp3) is 0.278. The van der Waals surface area contributed by atoms with Gasteiger partial charge in [-0.3, -0.25) is 0 Å². The molecule has 134 valence electrons. The lowest BCUT2D eigenvalue weighted by atomic mass is 10.1. The molecule has 25 heavy (non-hydrogen) atoms. The number of aryl methyl sites for hydroxylation is 1. The van der Waals surface area contributed by atoms with Crippen LogP contribution in [0.1, 0.15) is 30.0 Å². The van der Waals surface area contributed by atoms with Crippen LogP contribution in [-0.2, 0) is 17.8 Å². The molecule has 7 heteroatoms. The van der Waals surface area contributed by atoms with Crippen molar-refractivity contribution in [2.75, 3.05) is 7.11 Å². The molecule has 0 saturated carbocycles. The van der Waals surface area contributed by atoms with Gasteiger partial charge in [0.05, 0.1) is 12.7 Å². The minimum atomic E-state index is -2.64. The second kappa shape index (κ2) is 8.98. The monoisotopic (exact) mass is 462 g/mol. The molecule has 2 aromatic carbocycles. The fourth-order valence-electron chi connectivity index (χ4n) is 2.18. The quantitative estimate of drug-likeness (QED) is 0.323. The van der Waals surface area contributed by atoms with Crippen LogP contribution >= 0.6 is 22.6 Å². The Morgan fingerprint density at radius 1 is 1.20 bits per heavy atom. The van der Waals surface area contributed by atoms with E-state index in [1.54, 1.807) is 24.3 Å². The average Bonchev–Trinajstić information content (AvgIpc) is 2.60. The zero-order chi connectivity index (χ0) is 18.4. The van der Waals surface area contributed by atoms with E-state index in [1.165, 1.54) is 19.2 Å². The lowest BCUT2D eigenvalue weighted by Gasteiger charge is -2.15. The first-order valence-electron chi connectivity index (χ1n) is 7.53. The van der Waals surface area contributed by atoms with Gasteiger partial charge in [0.1, 0.15) is 18.1 Å². The van der Waals surface area contributed by atoms with E-state index in [2.05, 4.69) is 27.3 Å². The molecule has 0 atom stereocenters. The van der Waals surface area contributed by atoms with Crippen molar-refractivity contribution < 1.29 is 27.8 Å². The Hall–Kier alpha value is -1.90. The molecule has 0 spiro atoms. The molecular weight excluding hydrogens is 445 g/mol. The smallest absolute Gasteiger partial charge is 0.488 e. The predicted molar refractivity (Wildman–Crippen MR) is 97.3 cm³/mol. The molecule has 0 heterocycles. The van der Waals surface area contributed by atoms with Gasteiger partial charge in [0, 0.05) is 9.13 Å². The van der Waals surface area contributed by atoms with Crippen molar-refractivity contribution in [2.24, 2.45) is 0 Å². The Morgan fingerprint density at radius 3 is 2.60 bits per heavy atom. The lowest BCUT2D eigenvalue weighted by molar-refractivity contribution is 0.120. The summed E-state index contributed by atoms with van der Waals surface area (Å²) in [5, 5.41) is 0. The van der Waals surface area contributed by atoms with Crippen LogP contribution in [0.5, 0.6) is 11.5 Å². The van der Waals surface area contributed by atoms with Gasteiger partial charge in [-0.25, -0.2) is 13.6 Å². The second-order valence-corrected chi connectivity index (χ2v) is 6.25. The first-order chi connectivity index (χ1) is 12.0. The Bertz CT molecular complexity index is 750. The maximum atomic E-state index is 13.3. The molecule has 0 N–H and O–H groups in total. The van der Waals surface area contributed by atoms with E-state index in [0.29, 0.717) is 12.0 Å². The van der Waals surface area contributed by atoms with E-state index in [9.17, 15) is 13.6 Å². The summed E-state index contributed by atoms with van der Waals surface area (Å²) in [4.78, 5) is 11.3. The lowest BCUT2D eigenvalue weighted by Crippen LogP contribution is -2.11. The minimum Gasteiger partial charge on any atom is -0.488 e. The van der Waals surface area contributed by atoms with E-state index < -0.39 is 12.6 Å². The zero-order valence-electron chi connectivity index (χ0n) is 13.7. The highest BCUT2D eigenvalue weighted by Gasteiger charge is 2.17. The van der Waals surface area contributed by atoms with Gasteiger partial charge in [-0.05, 0) is 58.8 Å². The third-order valence-electron chi connectivity index (χ3n) is 3.53. The molecule has 0 unspecified atom stereocenters. The molecule has 0 amide bonds. The van der Waals surface area contributed by atoms with Gasteiger partial charge in [-0.2, -0.15) is 0 Å². The maximum Gasteiger partial charge on any atom is 0.513 e. The first kappa shape index (κ1) is 19.4. The highest BCUT2D eigenvalue weighted by Crippen LogP contribution is 2.32. The molecular formula is C18H17F2IO4. The van der Waals surface area contributed by atoms with Crippen molar-refractivity contribution in [3.8, 4) is 11.5 Å². The zero-order valence-corrected chi connectivity index (χ0v) is 15.9. The molecule has 0 fully saturated rings. The molecule has 0 bridgehead atoms. The van der Waals surface area contributed by atoms with Gasteiger partial charge < -0.3 is 14.2 Å². The van der Waals surface area contributed by atoms with Crippen molar-refractivity contribution >= 4 is 28.7 Å². The number of ether oxygens (including phenoxy) is 3. The van der Waals surface area contributed by atoms with Crippen LogP contribution in [0.15, 0.2) is 36.4 Å². The maximum absolute atomic E-state index is 13.3. The normalized spacial score (nSPS) is 10.6. The summed E-state index contributed by atoms with van der Waals surface area (Å²) in [6.07, 6.45) is -2.83. The van der Waals surface area contributed by atoms with Crippen LogP contribution in [0.2, 0.25) is 0 Å². The summed E-state index contributed by atoms with van der Waals surface area (Å²) in [6, 6.07) is 9.84. The van der Waals surface area contributed by atoms with Gasteiger partial charge in [0.25, 0.3) is 6.43 Å². The van der Waals surface area contributed by atoms with Crippen molar-refractivity contribution in [3.63, 3.8) is 0 Å². The van der Waals surface area contributed by atoms with Gasteiger partial charge >= 0.3 is 6.16 Å². The Morgan fingerprint density at radius 2 is 1.96 bits per heavy atom. The van der Waals surface area contributed by atoms with Crippen LogP contribution in [0.4, 0.5) is 13.6 Å². The summed E-state index contributed by atoms with van der Waals surface area (Å²) in [7, 11) is 1.20. The van der Waals surface area contributed by atoms with Crippen molar-refractivity contribution in [2.45, 2.75) is 26.4 Å². The highest BCUT2D eigenvalue weighted by molar-refractivity contribution is 14.1. The van der Waals surface area contributed by atoms with Gasteiger partial charge in [-0.15, -0.1) is 0 Å². The topological polar surface area (TPSA) is 44.8 Å². The van der Waals surface area contributed by atoms with Crippen LogP contribution in [0, 0.1) is 3.57 Å². The minimum absolute atomic E-state index is 0.0172. The molecule has 0 saturated heterocycles. The summed E-state index contributed by atoms with van der Waals surface area (Å²) < 4.78 is 42.5. The fourth-order valence-corrected chi connectivity index (χ4v) is 2.80. The molecule has 0 aliphatic rings. The molecule has 4 nitrogen and oxygen atoms in total. The number of carbonyl (C=O) groups excluding carboxylic acids is 1. The molecule has 2 aromatic rings. The third-order valence-corrected chi connectivity index (χ3v) is 4.54. The van der Waals surface area contributed by atoms with E-state index in [4.69, 9.17) is 9.47 Å². The van der Waals surface area contributed by atoms with Gasteiger partial charge in [-0.1, -0.05) is 19.1 Å². The second-order valence-electron chi connectivity index (χ2n) is 5.09. The van der Waals surface area contributed by atoms with Crippen LogP contribution in [-0.4, -0.2) is 13.3 Å². The van der Waals surface area contributed by atoms with Crippen LogP contribution in [0.25, 0.3) is 0 Å². The summed E-state index contributed by atoms with van der Waals surface area (Å²) >= 11 is 2.06. The largest absolute Gasteiger partial charge is 0.513 e. The summed E-state index contributed by atoms with van der Waals surface area (Å²) in [5.74, 6) is 0.374. The average molecular weight is 462 g/mol. The Kier molecular flexibility index (Phi) is 6.98. The molecule has 0 aliphatic carbocycles. The van der Waals surface area contributed by atoms with Crippen LogP contribution < -0.4 is 9.47 Å². The van der Waals surface area contributed by atoms with E-state index in [1.807, 2.05) is 6.92 Å². The summed E-state index contributed by atoms with van der Waals surface area (Å²) in [6.45, 7) is 1.88. The SMILES string of the molecule is CCc1ccc(OCc2c(I)cccc2OC(=O)OC)c(C(F)F)c1. The van der Waals surface area contributed by atoms with E-state index >= 15 is 0 Å². The number of benzene rings is 2. The molecule has 0 aliphatic heterocycles. The van der Waals surface area contributed by atoms with E-state index in [-0.39, 0.29) is 23.7 Å². The number of alkyl halides is 2. The number of hydrogen-bond acceptors (Lipinski definition) is 4. The van der Waals surface area contributed by atoms with Crippen LogP contribution in [0.3, 0.4) is 0 Å². The standard InChI is InChI=1S/C18H17F2IO4/c1-3-11-7-8-15(12(9-11)17(19)20)24-10-13-14(21)5-4-6-16(13)25-18(22)23-2/h4-9,17H,3,10H2,1-2H3. The molecule has 0 radical (unpaired) electrons.